The molecule has 26 heavy (non-hydrogen) atoms. The van der Waals surface area contributed by atoms with Gasteiger partial charge in [-0.1, -0.05) is 11.6 Å². The molecule has 1 aliphatic heterocycles. The number of anilines is 2. The van der Waals surface area contributed by atoms with Gasteiger partial charge in [0.15, 0.2) is 0 Å². The van der Waals surface area contributed by atoms with Gasteiger partial charge >= 0.3 is 0 Å². The maximum Gasteiger partial charge on any atom is 0.255 e. The Morgan fingerprint density at radius 1 is 1.15 bits per heavy atom. The highest BCUT2D eigenvalue weighted by atomic mass is 35.5. The number of benzene rings is 2. The van der Waals surface area contributed by atoms with E-state index in [0.29, 0.717) is 35.5 Å². The van der Waals surface area contributed by atoms with E-state index in [2.05, 4.69) is 5.32 Å². The third-order valence-corrected chi connectivity index (χ3v) is 6.27. The molecule has 1 N–H and O–H groups in total. The average molecular weight is 390 g/mol. The van der Waals surface area contributed by atoms with Crippen LogP contribution in [0.1, 0.15) is 28.8 Å². The lowest BCUT2D eigenvalue weighted by molar-refractivity contribution is 0.102. The van der Waals surface area contributed by atoms with Crippen molar-refractivity contribution in [2.24, 2.45) is 0 Å². The first-order valence-electron chi connectivity index (χ1n) is 8.02. The zero-order valence-electron chi connectivity index (χ0n) is 13.8. The summed E-state index contributed by atoms with van der Waals surface area (Å²) >= 11 is 6.19. The number of rotatable bonds is 3. The van der Waals surface area contributed by atoms with E-state index in [1.807, 2.05) is 6.07 Å². The molecule has 1 saturated heterocycles. The van der Waals surface area contributed by atoms with Crippen molar-refractivity contribution in [1.82, 2.24) is 0 Å². The number of carbonyl (C=O) groups excluding carboxylic acids is 1. The normalized spacial score (nSPS) is 15.9. The molecule has 1 heterocycles. The van der Waals surface area contributed by atoms with Crippen molar-refractivity contribution in [3.8, 4) is 6.07 Å². The molecule has 2 aromatic rings. The van der Waals surface area contributed by atoms with E-state index in [0.717, 1.165) is 6.42 Å². The minimum absolute atomic E-state index is 0.0744. The standard InChI is InChI=1S/C18H16ClN3O3S/c19-16-8-5-14(11-17(16)22-9-1-2-10-26(22,24)25)18(23)21-15-6-3-13(12-20)4-7-15/h3-8,11H,1-2,9-10H2,(H,21,23). The molecule has 8 heteroatoms. The SMILES string of the molecule is N#Cc1ccc(NC(=O)c2ccc(Cl)c(N3CCCCS3(=O)=O)c2)cc1. The molecular weight excluding hydrogens is 374 g/mol. The van der Waals surface area contributed by atoms with Crippen molar-refractivity contribution in [2.45, 2.75) is 12.8 Å². The van der Waals surface area contributed by atoms with Crippen LogP contribution in [-0.4, -0.2) is 26.6 Å². The Kier molecular flexibility index (Phi) is 5.16. The fourth-order valence-corrected chi connectivity index (χ4v) is 4.65. The van der Waals surface area contributed by atoms with Crippen molar-refractivity contribution >= 4 is 38.9 Å². The number of nitrogens with one attached hydrogen (secondary N) is 1. The van der Waals surface area contributed by atoms with E-state index in [4.69, 9.17) is 16.9 Å². The first-order valence-corrected chi connectivity index (χ1v) is 10.0. The lowest BCUT2D eigenvalue weighted by Crippen LogP contribution is -2.38. The van der Waals surface area contributed by atoms with Crippen LogP contribution in [0.4, 0.5) is 11.4 Å². The summed E-state index contributed by atoms with van der Waals surface area (Å²) < 4.78 is 25.9. The van der Waals surface area contributed by atoms with Gasteiger partial charge in [-0.25, -0.2) is 8.42 Å². The van der Waals surface area contributed by atoms with E-state index >= 15 is 0 Å². The molecule has 0 atom stereocenters. The summed E-state index contributed by atoms with van der Waals surface area (Å²) in [5.41, 5.74) is 1.65. The number of amides is 1. The van der Waals surface area contributed by atoms with E-state index in [9.17, 15) is 13.2 Å². The van der Waals surface area contributed by atoms with Crippen LogP contribution < -0.4 is 9.62 Å². The number of nitriles is 1. The molecule has 1 aliphatic rings. The van der Waals surface area contributed by atoms with Crippen molar-refractivity contribution in [2.75, 3.05) is 21.9 Å². The smallest absolute Gasteiger partial charge is 0.255 e. The van der Waals surface area contributed by atoms with Crippen molar-refractivity contribution in [1.29, 1.82) is 5.26 Å². The fraction of sp³-hybridized carbons (Fsp3) is 0.222. The van der Waals surface area contributed by atoms with Crippen LogP contribution in [-0.2, 0) is 10.0 Å². The minimum Gasteiger partial charge on any atom is -0.322 e. The van der Waals surface area contributed by atoms with Crippen LogP contribution >= 0.6 is 11.6 Å². The molecule has 0 saturated carbocycles. The molecule has 0 unspecified atom stereocenters. The summed E-state index contributed by atoms with van der Waals surface area (Å²) in [5, 5.41) is 11.8. The van der Waals surface area contributed by atoms with Crippen LogP contribution in [0.25, 0.3) is 0 Å². The highest BCUT2D eigenvalue weighted by molar-refractivity contribution is 7.92. The number of nitrogens with zero attached hydrogens (tertiary/aromatic N) is 2. The Morgan fingerprint density at radius 3 is 2.54 bits per heavy atom. The van der Waals surface area contributed by atoms with Gasteiger partial charge in [0.2, 0.25) is 10.0 Å². The average Bonchev–Trinajstić information content (AvgIpc) is 2.63. The Balaban J connectivity index is 1.86. The zero-order chi connectivity index (χ0) is 18.7. The Morgan fingerprint density at radius 2 is 1.88 bits per heavy atom. The molecule has 6 nitrogen and oxygen atoms in total. The zero-order valence-corrected chi connectivity index (χ0v) is 15.3. The quantitative estimate of drug-likeness (QED) is 0.871. The second-order valence-corrected chi connectivity index (χ2v) is 8.32. The molecule has 0 aromatic heterocycles. The Hall–Kier alpha value is -2.56. The largest absolute Gasteiger partial charge is 0.322 e. The van der Waals surface area contributed by atoms with E-state index in [-0.39, 0.29) is 16.7 Å². The Labute approximate surface area is 157 Å². The van der Waals surface area contributed by atoms with Gasteiger partial charge in [-0.2, -0.15) is 5.26 Å². The third-order valence-electron chi connectivity index (χ3n) is 4.10. The molecule has 0 radical (unpaired) electrons. The molecule has 3 rings (SSSR count). The molecule has 0 bridgehead atoms. The molecule has 0 spiro atoms. The second-order valence-electron chi connectivity index (χ2n) is 5.90. The first-order chi connectivity index (χ1) is 12.4. The Bertz CT molecular complexity index is 982. The van der Waals surface area contributed by atoms with Gasteiger partial charge in [0.1, 0.15) is 0 Å². The van der Waals surface area contributed by atoms with Gasteiger partial charge in [-0.05, 0) is 55.3 Å². The number of halogens is 1. The lowest BCUT2D eigenvalue weighted by Gasteiger charge is -2.29. The van der Waals surface area contributed by atoms with Gasteiger partial charge < -0.3 is 5.32 Å². The van der Waals surface area contributed by atoms with Crippen LogP contribution in [0.2, 0.25) is 5.02 Å². The van der Waals surface area contributed by atoms with Gasteiger partial charge in [-0.3, -0.25) is 9.10 Å². The molecule has 134 valence electrons. The lowest BCUT2D eigenvalue weighted by atomic mass is 10.1. The van der Waals surface area contributed by atoms with Gasteiger partial charge in [0, 0.05) is 17.8 Å². The number of hydrogen-bond acceptors (Lipinski definition) is 4. The van der Waals surface area contributed by atoms with Crippen LogP contribution in [0.5, 0.6) is 0 Å². The predicted octanol–water partition coefficient (Wildman–Crippen LogP) is 3.39. The second kappa shape index (κ2) is 7.36. The number of carbonyl (C=O) groups is 1. The number of hydrogen-bond donors (Lipinski definition) is 1. The predicted molar refractivity (Wildman–Crippen MR) is 101 cm³/mol. The van der Waals surface area contributed by atoms with Crippen LogP contribution in [0.3, 0.4) is 0 Å². The first kappa shape index (κ1) is 18.2. The highest BCUT2D eigenvalue weighted by Crippen LogP contribution is 2.31. The summed E-state index contributed by atoms with van der Waals surface area (Å²) in [6.07, 6.45) is 1.37. The fourth-order valence-electron chi connectivity index (χ4n) is 2.74. The van der Waals surface area contributed by atoms with E-state index in [1.165, 1.54) is 16.4 Å². The summed E-state index contributed by atoms with van der Waals surface area (Å²) in [7, 11) is -3.42. The van der Waals surface area contributed by atoms with Crippen molar-refractivity contribution < 1.29 is 13.2 Å². The molecular formula is C18H16ClN3O3S. The summed E-state index contributed by atoms with van der Waals surface area (Å²) in [6.45, 7) is 0.350. The van der Waals surface area contributed by atoms with Crippen LogP contribution in [0, 0.1) is 11.3 Å². The van der Waals surface area contributed by atoms with Gasteiger partial charge in [0.25, 0.3) is 5.91 Å². The maximum absolute atomic E-state index is 12.5. The third kappa shape index (κ3) is 3.82. The van der Waals surface area contributed by atoms with Crippen molar-refractivity contribution in [3.05, 3.63) is 58.6 Å². The molecule has 2 aromatic carbocycles. The molecule has 1 fully saturated rings. The van der Waals surface area contributed by atoms with Gasteiger partial charge in [-0.15, -0.1) is 0 Å². The summed E-state index contributed by atoms with van der Waals surface area (Å²) in [4.78, 5) is 12.5. The van der Waals surface area contributed by atoms with Crippen LogP contribution in [0.15, 0.2) is 42.5 Å². The molecule has 0 aliphatic carbocycles. The minimum atomic E-state index is -3.42. The molecule has 1 amide bonds. The topological polar surface area (TPSA) is 90.3 Å². The van der Waals surface area contributed by atoms with E-state index in [1.54, 1.807) is 30.3 Å². The summed E-state index contributed by atoms with van der Waals surface area (Å²) in [6, 6.07) is 13.0. The van der Waals surface area contributed by atoms with E-state index < -0.39 is 10.0 Å². The maximum atomic E-state index is 12.5. The summed E-state index contributed by atoms with van der Waals surface area (Å²) in [5.74, 6) is -0.313. The highest BCUT2D eigenvalue weighted by Gasteiger charge is 2.28. The van der Waals surface area contributed by atoms with Crippen molar-refractivity contribution in [3.63, 3.8) is 0 Å². The number of sulfonamides is 1. The monoisotopic (exact) mass is 389 g/mol. The van der Waals surface area contributed by atoms with Gasteiger partial charge in [0.05, 0.1) is 28.1 Å².